The van der Waals surface area contributed by atoms with Crippen molar-refractivity contribution in [3.63, 3.8) is 0 Å². The Labute approximate surface area is 167 Å². The Morgan fingerprint density at radius 1 is 1.04 bits per heavy atom. The van der Waals surface area contributed by atoms with Gasteiger partial charge >= 0.3 is 0 Å². The van der Waals surface area contributed by atoms with Crippen molar-refractivity contribution in [3.05, 3.63) is 71.8 Å². The summed E-state index contributed by atoms with van der Waals surface area (Å²) in [6.07, 6.45) is 1.42. The summed E-state index contributed by atoms with van der Waals surface area (Å²) in [7, 11) is -3.80. The predicted octanol–water partition coefficient (Wildman–Crippen LogP) is 3.09. The van der Waals surface area contributed by atoms with E-state index in [0.29, 0.717) is 12.0 Å². The van der Waals surface area contributed by atoms with E-state index in [4.69, 9.17) is 0 Å². The molecule has 1 amide bonds. The molecule has 0 unspecified atom stereocenters. The molecule has 28 heavy (non-hydrogen) atoms. The van der Waals surface area contributed by atoms with E-state index in [0.717, 1.165) is 23.3 Å². The number of carbonyl (C=O) groups excluding carboxylic acids is 1. The number of anilines is 1. The lowest BCUT2D eigenvalue weighted by Crippen LogP contribution is -2.32. The molecule has 0 spiro atoms. The summed E-state index contributed by atoms with van der Waals surface area (Å²) < 4.78 is 27.4. The van der Waals surface area contributed by atoms with Crippen LogP contribution in [0.4, 0.5) is 5.13 Å². The van der Waals surface area contributed by atoms with Crippen LogP contribution in [0.2, 0.25) is 0 Å². The largest absolute Gasteiger partial charge is 0.296 e. The molecule has 2 aromatic carbocycles. The van der Waals surface area contributed by atoms with Gasteiger partial charge < -0.3 is 0 Å². The van der Waals surface area contributed by atoms with E-state index < -0.39 is 10.0 Å². The summed E-state index contributed by atoms with van der Waals surface area (Å²) in [6.45, 7) is 1.81. The molecular weight excluding hydrogens is 396 g/mol. The second-order valence-corrected chi connectivity index (χ2v) is 9.11. The molecule has 7 nitrogen and oxygen atoms in total. The lowest BCUT2D eigenvalue weighted by atomic mass is 10.1. The molecule has 0 saturated carbocycles. The highest BCUT2D eigenvalue weighted by molar-refractivity contribution is 7.91. The highest BCUT2D eigenvalue weighted by Crippen LogP contribution is 2.21. The first kappa shape index (κ1) is 20.1. The van der Waals surface area contributed by atoms with Crippen molar-refractivity contribution in [3.8, 4) is 0 Å². The number of sulfonamides is 1. The zero-order chi connectivity index (χ0) is 20.0. The van der Waals surface area contributed by atoms with Crippen molar-refractivity contribution >= 4 is 32.4 Å². The van der Waals surface area contributed by atoms with E-state index in [2.05, 4.69) is 20.2 Å². The smallest absolute Gasteiger partial charge is 0.270 e. The first-order valence-electron chi connectivity index (χ1n) is 8.70. The van der Waals surface area contributed by atoms with Crippen LogP contribution in [0, 0.1) is 0 Å². The van der Waals surface area contributed by atoms with Gasteiger partial charge in [-0.2, -0.15) is 0 Å². The molecule has 146 valence electrons. The molecule has 0 aliphatic rings. The Bertz CT molecular complexity index is 1020. The Hall–Kier alpha value is -2.62. The maximum atomic E-state index is 12.5. The topological polar surface area (TPSA) is 101 Å². The minimum absolute atomic E-state index is 0.131. The lowest BCUT2D eigenvalue weighted by Gasteiger charge is -2.12. The summed E-state index contributed by atoms with van der Waals surface area (Å²) in [5.74, 6) is -0.370. The van der Waals surface area contributed by atoms with Crippen LogP contribution in [0.15, 0.2) is 65.0 Å². The standard InChI is InChI=1S/C19H20N4O3S2/c1-14(12-13-15-8-4-2-5-9-15)23-28(25,26)19-22-21-18(27-19)20-17(24)16-10-6-3-7-11-16/h2-11,14,23H,12-13H2,1H3,(H,20,21,24)/t14-/m0/s1. The fraction of sp³-hybridized carbons (Fsp3) is 0.211. The molecular formula is C19H20N4O3S2. The lowest BCUT2D eigenvalue weighted by molar-refractivity contribution is 0.102. The Kier molecular flexibility index (Phi) is 6.50. The van der Waals surface area contributed by atoms with Gasteiger partial charge in [-0.05, 0) is 37.5 Å². The van der Waals surface area contributed by atoms with Crippen molar-refractivity contribution in [2.24, 2.45) is 0 Å². The number of aryl methyl sites for hydroxylation is 1. The molecule has 0 aliphatic carbocycles. The van der Waals surface area contributed by atoms with Crippen LogP contribution in [-0.4, -0.2) is 30.6 Å². The number of aromatic nitrogens is 2. The molecule has 1 atom stereocenters. The van der Waals surface area contributed by atoms with E-state index in [-0.39, 0.29) is 21.4 Å². The summed E-state index contributed by atoms with van der Waals surface area (Å²) in [6, 6.07) is 18.2. The molecule has 2 N–H and O–H groups in total. The first-order chi connectivity index (χ1) is 13.4. The molecule has 0 saturated heterocycles. The van der Waals surface area contributed by atoms with Crippen LogP contribution < -0.4 is 10.0 Å². The molecule has 3 aromatic rings. The van der Waals surface area contributed by atoms with Gasteiger partial charge in [0.15, 0.2) is 0 Å². The number of nitrogens with zero attached hydrogens (tertiary/aromatic N) is 2. The molecule has 9 heteroatoms. The van der Waals surface area contributed by atoms with Gasteiger partial charge in [0.05, 0.1) is 0 Å². The van der Waals surface area contributed by atoms with Gasteiger partial charge in [-0.25, -0.2) is 13.1 Å². The van der Waals surface area contributed by atoms with Gasteiger partial charge in [0.1, 0.15) is 0 Å². The maximum absolute atomic E-state index is 12.5. The number of amides is 1. The second kappa shape index (κ2) is 9.05. The third kappa shape index (κ3) is 5.44. The van der Waals surface area contributed by atoms with Gasteiger partial charge in [-0.1, -0.05) is 59.9 Å². The summed E-state index contributed by atoms with van der Waals surface area (Å²) in [5.41, 5.74) is 1.60. The van der Waals surface area contributed by atoms with Crippen molar-refractivity contribution < 1.29 is 13.2 Å². The third-order valence-corrected chi connectivity index (χ3v) is 6.75. The number of rotatable bonds is 8. The zero-order valence-electron chi connectivity index (χ0n) is 15.2. The monoisotopic (exact) mass is 416 g/mol. The molecule has 0 radical (unpaired) electrons. The van der Waals surface area contributed by atoms with Crippen LogP contribution in [-0.2, 0) is 16.4 Å². The normalized spacial score (nSPS) is 12.5. The Morgan fingerprint density at radius 3 is 2.36 bits per heavy atom. The quantitative estimate of drug-likeness (QED) is 0.550. The van der Waals surface area contributed by atoms with Crippen LogP contribution in [0.25, 0.3) is 0 Å². The molecule has 1 aromatic heterocycles. The van der Waals surface area contributed by atoms with E-state index in [1.807, 2.05) is 30.3 Å². The fourth-order valence-electron chi connectivity index (χ4n) is 2.53. The Balaban J connectivity index is 1.59. The average molecular weight is 417 g/mol. The maximum Gasteiger partial charge on any atom is 0.270 e. The van der Waals surface area contributed by atoms with Crippen LogP contribution in [0.1, 0.15) is 29.3 Å². The van der Waals surface area contributed by atoms with Gasteiger partial charge in [-0.3, -0.25) is 10.1 Å². The molecule has 0 aliphatic heterocycles. The molecule has 1 heterocycles. The van der Waals surface area contributed by atoms with Gasteiger partial charge in [0, 0.05) is 11.6 Å². The SMILES string of the molecule is C[C@@H](CCc1ccccc1)NS(=O)(=O)c1nnc(NC(=O)c2ccccc2)s1. The summed E-state index contributed by atoms with van der Waals surface area (Å²) >= 11 is 0.815. The second-order valence-electron chi connectivity index (χ2n) is 6.24. The van der Waals surface area contributed by atoms with Crippen LogP contribution >= 0.6 is 11.3 Å². The third-order valence-electron chi connectivity index (χ3n) is 3.96. The average Bonchev–Trinajstić information content (AvgIpc) is 3.17. The number of benzene rings is 2. The highest BCUT2D eigenvalue weighted by atomic mass is 32.2. The summed E-state index contributed by atoms with van der Waals surface area (Å²) in [5, 5.41) is 10.2. The van der Waals surface area contributed by atoms with Crippen molar-refractivity contribution in [1.82, 2.24) is 14.9 Å². The van der Waals surface area contributed by atoms with Crippen molar-refractivity contribution in [2.45, 2.75) is 30.1 Å². The number of carbonyl (C=O) groups is 1. The van der Waals surface area contributed by atoms with Crippen LogP contribution in [0.3, 0.4) is 0 Å². The fourth-order valence-corrected chi connectivity index (χ4v) is 4.72. The number of nitrogens with one attached hydrogen (secondary N) is 2. The van der Waals surface area contributed by atoms with E-state index in [1.54, 1.807) is 37.3 Å². The van der Waals surface area contributed by atoms with Gasteiger partial charge in [0.25, 0.3) is 15.9 Å². The minimum atomic E-state index is -3.80. The van der Waals surface area contributed by atoms with Gasteiger partial charge in [0.2, 0.25) is 9.47 Å². The number of hydrogen-bond donors (Lipinski definition) is 2. The summed E-state index contributed by atoms with van der Waals surface area (Å²) in [4.78, 5) is 12.1. The van der Waals surface area contributed by atoms with Gasteiger partial charge in [-0.15, -0.1) is 10.2 Å². The molecule has 0 fully saturated rings. The minimum Gasteiger partial charge on any atom is -0.296 e. The molecule has 3 rings (SSSR count). The first-order valence-corrected chi connectivity index (χ1v) is 11.0. The Morgan fingerprint density at radius 2 is 1.68 bits per heavy atom. The van der Waals surface area contributed by atoms with Crippen LogP contribution in [0.5, 0.6) is 0 Å². The van der Waals surface area contributed by atoms with Crippen molar-refractivity contribution in [1.29, 1.82) is 0 Å². The van der Waals surface area contributed by atoms with Crippen molar-refractivity contribution in [2.75, 3.05) is 5.32 Å². The van der Waals surface area contributed by atoms with E-state index in [9.17, 15) is 13.2 Å². The molecule has 0 bridgehead atoms. The highest BCUT2D eigenvalue weighted by Gasteiger charge is 2.23. The zero-order valence-corrected chi connectivity index (χ0v) is 16.8. The van der Waals surface area contributed by atoms with E-state index >= 15 is 0 Å². The van der Waals surface area contributed by atoms with E-state index in [1.165, 1.54) is 0 Å². The predicted molar refractivity (Wildman–Crippen MR) is 109 cm³/mol. The number of hydrogen-bond acceptors (Lipinski definition) is 6.